The van der Waals surface area contributed by atoms with Crippen LogP contribution in [0.15, 0.2) is 34.1 Å². The van der Waals surface area contributed by atoms with Gasteiger partial charge in [-0.2, -0.15) is 4.31 Å². The normalized spacial score (nSPS) is 20.8. The molecule has 0 bridgehead atoms. The minimum absolute atomic E-state index is 0.0128. The number of hydrogen-bond donors (Lipinski definition) is 0. The molecule has 142 valence electrons. The minimum atomic E-state index is -3.89. The fourth-order valence-corrected chi connectivity index (χ4v) is 7.30. The molecule has 10 heteroatoms. The largest absolute Gasteiger partial charge is 0.243 e. The van der Waals surface area contributed by atoms with Gasteiger partial charge in [-0.05, 0) is 37.1 Å². The fourth-order valence-electron chi connectivity index (χ4n) is 2.84. The average molecular weight is 410 g/mol. The number of hydrogen-bond acceptors (Lipinski definition) is 6. The van der Waals surface area contributed by atoms with Crippen molar-refractivity contribution in [1.82, 2.24) is 4.31 Å². The summed E-state index contributed by atoms with van der Waals surface area (Å²) in [6.07, 6.45) is 0.835. The molecule has 0 saturated carbocycles. The van der Waals surface area contributed by atoms with E-state index in [1.807, 2.05) is 6.92 Å². The molecule has 0 amide bonds. The van der Waals surface area contributed by atoms with Crippen molar-refractivity contribution in [2.24, 2.45) is 0 Å². The van der Waals surface area contributed by atoms with E-state index in [0.29, 0.717) is 6.42 Å². The van der Waals surface area contributed by atoms with Crippen LogP contribution in [-0.4, -0.2) is 59.4 Å². The highest BCUT2D eigenvalue weighted by Crippen LogP contribution is 2.26. The van der Waals surface area contributed by atoms with Crippen molar-refractivity contribution >= 4 is 29.7 Å². The maximum absolute atomic E-state index is 12.9. The zero-order valence-electron chi connectivity index (χ0n) is 14.3. The lowest BCUT2D eigenvalue weighted by Gasteiger charge is -2.27. The molecule has 0 aromatic heterocycles. The highest BCUT2D eigenvalue weighted by atomic mass is 32.2. The Kier molecular flexibility index (Phi) is 5.97. The van der Waals surface area contributed by atoms with Crippen LogP contribution in [0.4, 0.5) is 0 Å². The van der Waals surface area contributed by atoms with E-state index in [1.54, 1.807) is 0 Å². The topological polar surface area (TPSA) is 106 Å². The molecule has 0 radical (unpaired) electrons. The standard InChI is InChI=1S/C15H23NO6S3/c1-3-10-16(13-9-11-23(17,18)12-13)25(21,22)15-7-5-14(6-8-15)24(19,20)4-2/h5-8,13H,3-4,9-12H2,1-2H3. The van der Waals surface area contributed by atoms with Crippen LogP contribution in [0.5, 0.6) is 0 Å². The Morgan fingerprint density at radius 3 is 2.04 bits per heavy atom. The fraction of sp³-hybridized carbons (Fsp3) is 0.600. The van der Waals surface area contributed by atoms with E-state index in [9.17, 15) is 25.3 Å². The predicted molar refractivity (Wildman–Crippen MR) is 95.4 cm³/mol. The molecule has 1 saturated heterocycles. The van der Waals surface area contributed by atoms with E-state index in [4.69, 9.17) is 0 Å². The molecule has 1 heterocycles. The van der Waals surface area contributed by atoms with Crippen molar-refractivity contribution in [3.63, 3.8) is 0 Å². The molecule has 1 atom stereocenters. The van der Waals surface area contributed by atoms with Crippen molar-refractivity contribution in [3.8, 4) is 0 Å². The molecule has 1 aliphatic rings. The first-order valence-electron chi connectivity index (χ1n) is 8.08. The Balaban J connectivity index is 2.37. The quantitative estimate of drug-likeness (QED) is 0.667. The first kappa shape index (κ1) is 20.3. The molecular formula is C15H23NO6S3. The second kappa shape index (κ2) is 7.34. The van der Waals surface area contributed by atoms with Crippen molar-refractivity contribution in [2.75, 3.05) is 23.8 Å². The second-order valence-corrected chi connectivity index (χ2v) is 12.4. The van der Waals surface area contributed by atoms with Gasteiger partial charge in [0.05, 0.1) is 27.0 Å². The van der Waals surface area contributed by atoms with Gasteiger partial charge in [-0.3, -0.25) is 0 Å². The van der Waals surface area contributed by atoms with Gasteiger partial charge in [-0.1, -0.05) is 13.8 Å². The van der Waals surface area contributed by atoms with Crippen LogP contribution >= 0.6 is 0 Å². The number of sulfonamides is 1. The van der Waals surface area contributed by atoms with Gasteiger partial charge in [0, 0.05) is 12.6 Å². The highest BCUT2D eigenvalue weighted by Gasteiger charge is 2.38. The Hall–Kier alpha value is -0.970. The van der Waals surface area contributed by atoms with Crippen LogP contribution in [0, 0.1) is 0 Å². The van der Waals surface area contributed by atoms with Gasteiger partial charge >= 0.3 is 0 Å². The molecule has 25 heavy (non-hydrogen) atoms. The number of sulfone groups is 2. The molecule has 2 rings (SSSR count). The van der Waals surface area contributed by atoms with Crippen molar-refractivity contribution in [3.05, 3.63) is 24.3 Å². The average Bonchev–Trinajstić information content (AvgIpc) is 2.92. The Morgan fingerprint density at radius 1 is 1.04 bits per heavy atom. The summed E-state index contributed by atoms with van der Waals surface area (Å²) >= 11 is 0. The molecule has 1 unspecified atom stereocenters. The zero-order chi connectivity index (χ0) is 18.9. The van der Waals surface area contributed by atoms with Gasteiger partial charge < -0.3 is 0 Å². The third-order valence-electron chi connectivity index (χ3n) is 4.23. The van der Waals surface area contributed by atoms with Crippen molar-refractivity contribution in [2.45, 2.75) is 42.5 Å². The van der Waals surface area contributed by atoms with E-state index >= 15 is 0 Å². The molecule has 0 spiro atoms. The molecule has 1 aromatic rings. The third kappa shape index (κ3) is 4.42. The van der Waals surface area contributed by atoms with Gasteiger partial charge in [0.25, 0.3) is 0 Å². The van der Waals surface area contributed by atoms with E-state index in [1.165, 1.54) is 35.5 Å². The Labute approximate surface area is 149 Å². The van der Waals surface area contributed by atoms with Gasteiger partial charge in [-0.15, -0.1) is 0 Å². The van der Waals surface area contributed by atoms with Gasteiger partial charge in [-0.25, -0.2) is 25.3 Å². The summed E-state index contributed by atoms with van der Waals surface area (Å²) in [5, 5.41) is 0. The molecule has 1 fully saturated rings. The lowest BCUT2D eigenvalue weighted by atomic mass is 10.2. The first-order valence-corrected chi connectivity index (χ1v) is 13.0. The first-order chi connectivity index (χ1) is 11.5. The molecule has 1 aromatic carbocycles. The summed E-state index contributed by atoms with van der Waals surface area (Å²) in [5.41, 5.74) is 0. The smallest absolute Gasteiger partial charge is 0.229 e. The number of rotatable bonds is 7. The molecule has 0 N–H and O–H groups in total. The van der Waals surface area contributed by atoms with Crippen LogP contribution in [0.3, 0.4) is 0 Å². The maximum atomic E-state index is 12.9. The lowest BCUT2D eigenvalue weighted by molar-refractivity contribution is 0.340. The van der Waals surface area contributed by atoms with Crippen LogP contribution in [0.1, 0.15) is 26.7 Å². The van der Waals surface area contributed by atoms with Gasteiger partial charge in [0.1, 0.15) is 0 Å². The van der Waals surface area contributed by atoms with Crippen LogP contribution in [0.25, 0.3) is 0 Å². The minimum Gasteiger partial charge on any atom is -0.229 e. The Morgan fingerprint density at radius 2 is 1.60 bits per heavy atom. The SMILES string of the molecule is CCCN(C1CCS(=O)(=O)C1)S(=O)(=O)c1ccc(S(=O)(=O)CC)cc1. The highest BCUT2D eigenvalue weighted by molar-refractivity contribution is 7.92. The van der Waals surface area contributed by atoms with Crippen molar-refractivity contribution < 1.29 is 25.3 Å². The monoisotopic (exact) mass is 409 g/mol. The van der Waals surface area contributed by atoms with E-state index in [0.717, 1.165) is 0 Å². The van der Waals surface area contributed by atoms with Crippen LogP contribution < -0.4 is 0 Å². The maximum Gasteiger partial charge on any atom is 0.243 e. The molecule has 1 aliphatic heterocycles. The molecule has 7 nitrogen and oxygen atoms in total. The van der Waals surface area contributed by atoms with Gasteiger partial charge in [0.2, 0.25) is 10.0 Å². The van der Waals surface area contributed by atoms with E-state index in [2.05, 4.69) is 0 Å². The number of nitrogens with zero attached hydrogens (tertiary/aromatic N) is 1. The summed E-state index contributed by atoms with van der Waals surface area (Å²) in [5.74, 6) is -0.253. The number of benzene rings is 1. The summed E-state index contributed by atoms with van der Waals surface area (Å²) in [7, 11) is -10.5. The third-order valence-corrected chi connectivity index (χ3v) is 9.70. The van der Waals surface area contributed by atoms with E-state index in [-0.39, 0.29) is 40.0 Å². The summed E-state index contributed by atoms with van der Waals surface area (Å²) < 4.78 is 74.2. The molecular weight excluding hydrogens is 386 g/mol. The van der Waals surface area contributed by atoms with Gasteiger partial charge in [0.15, 0.2) is 19.7 Å². The summed E-state index contributed by atoms with van der Waals surface area (Å²) in [6, 6.07) is 4.52. The lowest BCUT2D eigenvalue weighted by Crippen LogP contribution is -2.41. The van der Waals surface area contributed by atoms with Crippen LogP contribution in [-0.2, 0) is 29.7 Å². The predicted octanol–water partition coefficient (Wildman–Crippen LogP) is 1.07. The van der Waals surface area contributed by atoms with E-state index < -0.39 is 35.7 Å². The Bertz CT molecular complexity index is 918. The second-order valence-electron chi connectivity index (χ2n) is 6.05. The molecule has 0 aliphatic carbocycles. The summed E-state index contributed by atoms with van der Waals surface area (Å²) in [4.78, 5) is 0.0414. The van der Waals surface area contributed by atoms with Crippen molar-refractivity contribution in [1.29, 1.82) is 0 Å². The summed E-state index contributed by atoms with van der Waals surface area (Å²) in [6.45, 7) is 3.56. The zero-order valence-corrected chi connectivity index (χ0v) is 16.7. The van der Waals surface area contributed by atoms with Crippen LogP contribution in [0.2, 0.25) is 0 Å².